The van der Waals surface area contributed by atoms with Gasteiger partial charge in [0.2, 0.25) is 0 Å². The van der Waals surface area contributed by atoms with Crippen molar-refractivity contribution in [1.82, 2.24) is 0 Å². The molecular weight excluding hydrogens is 308 g/mol. The average molecular weight is 345 g/mol. The summed E-state index contributed by atoms with van der Waals surface area (Å²) < 4.78 is 5.90. The van der Waals surface area contributed by atoms with E-state index in [2.05, 4.69) is 25.7 Å². The van der Waals surface area contributed by atoms with Crippen molar-refractivity contribution >= 4 is 0 Å². The molecule has 0 aliphatic heterocycles. The summed E-state index contributed by atoms with van der Waals surface area (Å²) in [4.78, 5) is 0. The van der Waals surface area contributed by atoms with E-state index in [-0.39, 0.29) is 0 Å². The minimum atomic E-state index is -0.719. The molecule has 0 amide bonds. The Bertz CT molecular complexity index is 589. The van der Waals surface area contributed by atoms with Crippen LogP contribution < -0.4 is 0 Å². The summed E-state index contributed by atoms with van der Waals surface area (Å²) in [6, 6.07) is 0. The van der Waals surface area contributed by atoms with Crippen molar-refractivity contribution in [1.29, 1.82) is 0 Å². The molecule has 4 saturated carbocycles. The number of methoxy groups -OCH3 is 1. The van der Waals surface area contributed by atoms with Crippen molar-refractivity contribution in [2.45, 2.75) is 90.3 Å². The van der Waals surface area contributed by atoms with Gasteiger partial charge in [-0.05, 0) is 99.2 Å². The number of hydrogen-bond acceptors (Lipinski definition) is 2. The number of hydrogen-bond donors (Lipinski definition) is 1. The van der Waals surface area contributed by atoms with Crippen LogP contribution in [0.4, 0.5) is 0 Å². The van der Waals surface area contributed by atoms with Crippen LogP contribution in [0.2, 0.25) is 0 Å². The minimum absolute atomic E-state index is 0.405. The highest BCUT2D eigenvalue weighted by Gasteiger charge is 2.61. The van der Waals surface area contributed by atoms with E-state index < -0.39 is 5.60 Å². The summed E-state index contributed by atoms with van der Waals surface area (Å²) in [5.41, 5.74) is 0.0999. The van der Waals surface area contributed by atoms with Crippen LogP contribution in [0.5, 0.6) is 0 Å². The monoisotopic (exact) mass is 344 g/mol. The van der Waals surface area contributed by atoms with E-state index in [4.69, 9.17) is 4.74 Å². The molecule has 0 radical (unpaired) electrons. The first-order valence-corrected chi connectivity index (χ1v) is 10.6. The largest absolute Gasteiger partial charge is 0.381 e. The van der Waals surface area contributed by atoms with Gasteiger partial charge in [0.1, 0.15) is 5.60 Å². The van der Waals surface area contributed by atoms with Gasteiger partial charge < -0.3 is 9.84 Å². The van der Waals surface area contributed by atoms with Gasteiger partial charge in [0.05, 0.1) is 6.10 Å². The predicted octanol–water partition coefficient (Wildman–Crippen LogP) is 4.80. The summed E-state index contributed by atoms with van der Waals surface area (Å²) in [5, 5.41) is 10.9. The van der Waals surface area contributed by atoms with Crippen LogP contribution in [0.15, 0.2) is 0 Å². The first-order valence-electron chi connectivity index (χ1n) is 10.6. The maximum Gasteiger partial charge on any atom is 0.125 e. The summed E-state index contributed by atoms with van der Waals surface area (Å²) in [6.07, 6.45) is 11.4. The first kappa shape index (κ1) is 17.9. The second kappa shape index (κ2) is 6.00. The SMILES string of the molecule is CC#CC1(O)CC[C@@]2(C)C(CC[C@@H]3[C@H]2CC[C@]2(C)C(OC)CC[C@@H]32)C1. The molecule has 0 aromatic carbocycles. The molecule has 2 heteroatoms. The second-order valence-corrected chi connectivity index (χ2v) is 10.1. The van der Waals surface area contributed by atoms with Crippen LogP contribution >= 0.6 is 0 Å². The van der Waals surface area contributed by atoms with Gasteiger partial charge in [-0.15, -0.1) is 5.92 Å². The van der Waals surface area contributed by atoms with E-state index in [9.17, 15) is 5.11 Å². The van der Waals surface area contributed by atoms with Crippen molar-refractivity contribution < 1.29 is 9.84 Å². The third-order valence-corrected chi connectivity index (χ3v) is 9.28. The number of rotatable bonds is 1. The zero-order valence-corrected chi connectivity index (χ0v) is 16.6. The predicted molar refractivity (Wildman–Crippen MR) is 101 cm³/mol. The molecule has 0 bridgehead atoms. The van der Waals surface area contributed by atoms with E-state index in [0.717, 1.165) is 37.0 Å². The molecule has 0 aromatic heterocycles. The Hall–Kier alpha value is -0.520. The maximum atomic E-state index is 10.9. The van der Waals surface area contributed by atoms with E-state index in [0.29, 0.717) is 22.9 Å². The molecule has 1 N–H and O–H groups in total. The van der Waals surface area contributed by atoms with Gasteiger partial charge in [-0.2, -0.15) is 0 Å². The fourth-order valence-electron chi connectivity index (χ4n) is 7.93. The lowest BCUT2D eigenvalue weighted by Crippen LogP contribution is -2.56. The highest BCUT2D eigenvalue weighted by molar-refractivity contribution is 5.18. The number of fused-ring (bicyclic) bond motifs is 5. The topological polar surface area (TPSA) is 29.5 Å². The van der Waals surface area contributed by atoms with E-state index >= 15 is 0 Å². The van der Waals surface area contributed by atoms with Gasteiger partial charge in [0.25, 0.3) is 0 Å². The molecule has 4 aliphatic carbocycles. The molecule has 8 atom stereocenters. The Kier molecular flexibility index (Phi) is 4.29. The molecular formula is C23H36O2. The van der Waals surface area contributed by atoms with Crippen LogP contribution in [0.1, 0.15) is 78.6 Å². The highest BCUT2D eigenvalue weighted by atomic mass is 16.5. The van der Waals surface area contributed by atoms with Crippen LogP contribution in [0, 0.1) is 46.3 Å². The lowest BCUT2D eigenvalue weighted by Gasteiger charge is -2.61. The Morgan fingerprint density at radius 3 is 2.40 bits per heavy atom. The van der Waals surface area contributed by atoms with Gasteiger partial charge in [-0.3, -0.25) is 0 Å². The fraction of sp³-hybridized carbons (Fsp3) is 0.913. The molecule has 140 valence electrons. The van der Waals surface area contributed by atoms with Crippen molar-refractivity contribution in [3.63, 3.8) is 0 Å². The normalized spacial score (nSPS) is 54.7. The quantitative estimate of drug-likeness (QED) is 0.693. The fourth-order valence-corrected chi connectivity index (χ4v) is 7.93. The lowest BCUT2D eigenvalue weighted by atomic mass is 9.44. The van der Waals surface area contributed by atoms with Gasteiger partial charge in [-0.1, -0.05) is 19.8 Å². The lowest BCUT2D eigenvalue weighted by molar-refractivity contribution is -0.146. The molecule has 0 heterocycles. The summed E-state index contributed by atoms with van der Waals surface area (Å²) in [5.74, 6) is 9.33. The highest BCUT2D eigenvalue weighted by Crippen LogP contribution is 2.67. The number of aliphatic hydroxyl groups is 1. The Balaban J connectivity index is 1.58. The molecule has 2 nitrogen and oxygen atoms in total. The van der Waals surface area contributed by atoms with Crippen molar-refractivity contribution in [3.8, 4) is 11.8 Å². The average Bonchev–Trinajstić information content (AvgIpc) is 2.92. The second-order valence-electron chi connectivity index (χ2n) is 10.1. The van der Waals surface area contributed by atoms with Gasteiger partial charge >= 0.3 is 0 Å². The molecule has 4 aliphatic rings. The first-order chi connectivity index (χ1) is 11.9. The molecule has 3 unspecified atom stereocenters. The zero-order valence-electron chi connectivity index (χ0n) is 16.6. The summed E-state index contributed by atoms with van der Waals surface area (Å²) in [7, 11) is 1.92. The Morgan fingerprint density at radius 2 is 1.68 bits per heavy atom. The van der Waals surface area contributed by atoms with Gasteiger partial charge in [0.15, 0.2) is 0 Å². The van der Waals surface area contributed by atoms with Crippen molar-refractivity contribution in [3.05, 3.63) is 0 Å². The van der Waals surface area contributed by atoms with Crippen LogP contribution in [0.25, 0.3) is 0 Å². The standard InChI is InChI=1S/C23H36O2/c1-5-11-23(24)14-13-21(2)16(15-23)6-7-17-18-8-9-20(25-4)22(18,3)12-10-19(17)21/h16-20,24H,6-10,12-15H2,1-4H3/t16?,17-,18-,19+,20?,21-,22-,23?/m0/s1. The molecule has 4 rings (SSSR count). The van der Waals surface area contributed by atoms with Gasteiger partial charge in [0, 0.05) is 7.11 Å². The minimum Gasteiger partial charge on any atom is -0.381 e. The maximum absolute atomic E-state index is 10.9. The van der Waals surface area contributed by atoms with Crippen molar-refractivity contribution in [2.24, 2.45) is 34.5 Å². The van der Waals surface area contributed by atoms with Crippen LogP contribution in [0.3, 0.4) is 0 Å². The molecule has 0 spiro atoms. The zero-order chi connectivity index (χ0) is 17.9. The summed E-state index contributed by atoms with van der Waals surface area (Å²) in [6.45, 7) is 6.93. The third-order valence-electron chi connectivity index (χ3n) is 9.28. The van der Waals surface area contributed by atoms with Gasteiger partial charge in [-0.25, -0.2) is 0 Å². The molecule has 0 aromatic rings. The number of ether oxygens (including phenoxy) is 1. The van der Waals surface area contributed by atoms with Crippen molar-refractivity contribution in [2.75, 3.05) is 7.11 Å². The van der Waals surface area contributed by atoms with E-state index in [1.54, 1.807) is 0 Å². The Morgan fingerprint density at radius 1 is 0.920 bits per heavy atom. The van der Waals surface area contributed by atoms with E-state index in [1.807, 2.05) is 14.0 Å². The van der Waals surface area contributed by atoms with Crippen LogP contribution in [-0.4, -0.2) is 23.9 Å². The van der Waals surface area contributed by atoms with Crippen LogP contribution in [-0.2, 0) is 4.74 Å². The molecule has 25 heavy (non-hydrogen) atoms. The smallest absolute Gasteiger partial charge is 0.125 e. The molecule has 0 saturated heterocycles. The van der Waals surface area contributed by atoms with E-state index in [1.165, 1.54) is 38.5 Å². The third kappa shape index (κ3) is 2.53. The Labute approximate surface area is 154 Å². The molecule has 4 fully saturated rings. The summed E-state index contributed by atoms with van der Waals surface area (Å²) >= 11 is 0.